The van der Waals surface area contributed by atoms with Crippen LogP contribution in [0, 0.1) is 0 Å². The number of rotatable bonds is 12. The summed E-state index contributed by atoms with van der Waals surface area (Å²) >= 11 is 0. The van der Waals surface area contributed by atoms with Gasteiger partial charge in [0.1, 0.15) is 17.2 Å². The summed E-state index contributed by atoms with van der Waals surface area (Å²) in [6, 6.07) is 14.7. The molecule has 0 radical (unpaired) electrons. The van der Waals surface area contributed by atoms with Crippen LogP contribution in [0.5, 0.6) is 11.5 Å². The summed E-state index contributed by atoms with van der Waals surface area (Å²) < 4.78 is 10.3. The maximum absolute atomic E-state index is 12.6. The van der Waals surface area contributed by atoms with E-state index >= 15 is 0 Å². The van der Waals surface area contributed by atoms with Crippen molar-refractivity contribution < 1.29 is 19.1 Å². The maximum atomic E-state index is 12.6. The van der Waals surface area contributed by atoms with Crippen molar-refractivity contribution in [3.05, 3.63) is 71.4 Å². The second-order valence-electron chi connectivity index (χ2n) is 6.89. The highest BCUT2D eigenvalue weighted by Crippen LogP contribution is 2.12. The number of aliphatic imine (C=N–C) groups is 1. The highest BCUT2D eigenvalue weighted by molar-refractivity contribution is 6.00. The number of carbonyl (C=O) groups is 2. The van der Waals surface area contributed by atoms with Gasteiger partial charge in [-0.05, 0) is 35.4 Å². The molecule has 2 amide bonds. The van der Waals surface area contributed by atoms with Crippen molar-refractivity contribution in [2.45, 2.75) is 13.1 Å². The molecule has 0 unspecified atom stereocenters. The van der Waals surface area contributed by atoms with Crippen LogP contribution in [0.4, 0.5) is 0 Å². The zero-order valence-corrected chi connectivity index (χ0v) is 18.8. The van der Waals surface area contributed by atoms with Gasteiger partial charge in [-0.2, -0.15) is 0 Å². The zero-order valence-electron chi connectivity index (χ0n) is 18.8. The molecule has 176 valence electrons. The molecule has 0 bridgehead atoms. The second-order valence-corrected chi connectivity index (χ2v) is 6.89. The fraction of sp³-hybridized carbons (Fsp3) is 0.261. The van der Waals surface area contributed by atoms with E-state index in [2.05, 4.69) is 20.9 Å². The minimum absolute atomic E-state index is 0.0597. The van der Waals surface area contributed by atoms with Crippen molar-refractivity contribution in [2.75, 3.05) is 27.3 Å². The van der Waals surface area contributed by atoms with Crippen molar-refractivity contribution >= 4 is 17.8 Å². The van der Waals surface area contributed by atoms with Gasteiger partial charge in [0.2, 0.25) is 5.91 Å². The van der Waals surface area contributed by atoms with Gasteiger partial charge in [0, 0.05) is 25.7 Å². The van der Waals surface area contributed by atoms with Crippen LogP contribution >= 0.6 is 0 Å². The molecule has 0 fully saturated rings. The van der Waals surface area contributed by atoms with Gasteiger partial charge < -0.3 is 36.9 Å². The first-order valence-corrected chi connectivity index (χ1v) is 10.2. The van der Waals surface area contributed by atoms with Crippen LogP contribution in [0.25, 0.3) is 0 Å². The van der Waals surface area contributed by atoms with Gasteiger partial charge in [-0.25, -0.2) is 0 Å². The Kier molecular flexibility index (Phi) is 10.1. The third-order valence-corrected chi connectivity index (χ3v) is 4.48. The number of nitrogens with one attached hydrogen (secondary N) is 3. The van der Waals surface area contributed by atoms with Crippen LogP contribution in [-0.2, 0) is 22.7 Å². The smallest absolute Gasteiger partial charge is 0.267 e. The lowest BCUT2D eigenvalue weighted by molar-refractivity contribution is -0.119. The molecule has 7 N–H and O–H groups in total. The summed E-state index contributed by atoms with van der Waals surface area (Å²) in [6.45, 7) is 1.08. The summed E-state index contributed by atoms with van der Waals surface area (Å²) in [4.78, 5) is 28.9. The number of guanidine groups is 1. The molecule has 0 aromatic heterocycles. The maximum Gasteiger partial charge on any atom is 0.267 e. The largest absolute Gasteiger partial charge is 0.497 e. The molecule has 0 aliphatic rings. The van der Waals surface area contributed by atoms with Crippen molar-refractivity contribution in [3.63, 3.8) is 0 Å². The van der Waals surface area contributed by atoms with E-state index in [-0.39, 0.29) is 24.7 Å². The first-order valence-electron chi connectivity index (χ1n) is 10.2. The summed E-state index contributed by atoms with van der Waals surface area (Å²) in [6.07, 6.45) is 1.23. The lowest BCUT2D eigenvalue weighted by Crippen LogP contribution is -2.35. The van der Waals surface area contributed by atoms with Gasteiger partial charge in [0.25, 0.3) is 5.91 Å². The molecule has 0 saturated carbocycles. The van der Waals surface area contributed by atoms with E-state index in [0.717, 1.165) is 22.6 Å². The van der Waals surface area contributed by atoms with E-state index in [0.29, 0.717) is 13.1 Å². The summed E-state index contributed by atoms with van der Waals surface area (Å²) in [5.74, 6) is 0.532. The topological polar surface area (TPSA) is 153 Å². The third-order valence-electron chi connectivity index (χ3n) is 4.48. The molecule has 0 spiro atoms. The molecular weight excluding hydrogens is 424 g/mol. The average molecular weight is 455 g/mol. The minimum atomic E-state index is -0.450. The van der Waals surface area contributed by atoms with Crippen LogP contribution in [0.1, 0.15) is 11.1 Å². The molecule has 2 aromatic carbocycles. The number of nitrogens with two attached hydrogens (primary N) is 2. The molecule has 0 saturated heterocycles. The van der Waals surface area contributed by atoms with E-state index < -0.39 is 11.8 Å². The summed E-state index contributed by atoms with van der Waals surface area (Å²) in [5.41, 5.74) is 12.5. The first-order chi connectivity index (χ1) is 15.9. The van der Waals surface area contributed by atoms with Crippen LogP contribution < -0.4 is 36.9 Å². The Labute approximate surface area is 193 Å². The molecule has 0 aliphatic heterocycles. The fourth-order valence-corrected chi connectivity index (χ4v) is 2.70. The Morgan fingerprint density at radius 3 is 1.85 bits per heavy atom. The molecular formula is C23H30N6O4. The molecule has 10 nitrogen and oxygen atoms in total. The monoisotopic (exact) mass is 454 g/mol. The van der Waals surface area contributed by atoms with E-state index in [1.165, 1.54) is 6.08 Å². The Morgan fingerprint density at radius 1 is 0.848 bits per heavy atom. The second kappa shape index (κ2) is 13.3. The van der Waals surface area contributed by atoms with E-state index in [1.54, 1.807) is 14.2 Å². The quantitative estimate of drug-likeness (QED) is 0.134. The first kappa shape index (κ1) is 25.1. The number of nitrogens with zero attached hydrogens (tertiary/aromatic N) is 1. The molecule has 0 aliphatic carbocycles. The Hall–Kier alpha value is -4.21. The van der Waals surface area contributed by atoms with Crippen LogP contribution in [0.3, 0.4) is 0 Å². The van der Waals surface area contributed by atoms with Gasteiger partial charge in [0.05, 0.1) is 20.8 Å². The molecule has 0 heterocycles. The molecule has 10 heteroatoms. The van der Waals surface area contributed by atoms with Gasteiger partial charge in [-0.15, -0.1) is 0 Å². The Balaban J connectivity index is 2.02. The van der Waals surface area contributed by atoms with Crippen LogP contribution in [-0.4, -0.2) is 45.1 Å². The highest BCUT2D eigenvalue weighted by atomic mass is 16.5. The van der Waals surface area contributed by atoms with E-state index in [1.807, 2.05) is 48.5 Å². The zero-order chi connectivity index (χ0) is 24.1. The predicted molar refractivity (Wildman–Crippen MR) is 126 cm³/mol. The van der Waals surface area contributed by atoms with E-state index in [9.17, 15) is 9.59 Å². The molecule has 2 aromatic rings. The van der Waals surface area contributed by atoms with Gasteiger partial charge in [-0.3, -0.25) is 14.6 Å². The number of benzene rings is 2. The highest BCUT2D eigenvalue weighted by Gasteiger charge is 2.11. The number of methoxy groups -OCH3 is 2. The Morgan fingerprint density at radius 2 is 1.36 bits per heavy atom. The number of hydrogen-bond donors (Lipinski definition) is 5. The van der Waals surface area contributed by atoms with Crippen molar-refractivity contribution in [2.24, 2.45) is 16.5 Å². The van der Waals surface area contributed by atoms with Crippen LogP contribution in [0.15, 0.2) is 65.3 Å². The van der Waals surface area contributed by atoms with Gasteiger partial charge in [0.15, 0.2) is 5.96 Å². The summed E-state index contributed by atoms with van der Waals surface area (Å²) in [7, 11) is 3.18. The Bertz CT molecular complexity index is 967. The van der Waals surface area contributed by atoms with Crippen molar-refractivity contribution in [1.82, 2.24) is 16.0 Å². The number of carbonyl (C=O) groups excluding carboxylic acids is 2. The third kappa shape index (κ3) is 9.21. The van der Waals surface area contributed by atoms with Crippen LogP contribution in [0.2, 0.25) is 0 Å². The fourth-order valence-electron chi connectivity index (χ4n) is 2.70. The molecule has 0 atom stereocenters. The lowest BCUT2D eigenvalue weighted by atomic mass is 10.2. The van der Waals surface area contributed by atoms with E-state index in [4.69, 9.17) is 20.9 Å². The number of ether oxygens (including phenoxy) is 2. The normalized spacial score (nSPS) is 10.7. The van der Waals surface area contributed by atoms with Gasteiger partial charge >= 0.3 is 0 Å². The molecule has 2 rings (SSSR count). The minimum Gasteiger partial charge on any atom is -0.497 e. The summed E-state index contributed by atoms with van der Waals surface area (Å²) in [5, 5.41) is 8.47. The lowest BCUT2D eigenvalue weighted by Gasteiger charge is -2.12. The molecule has 33 heavy (non-hydrogen) atoms. The predicted octanol–water partition coefficient (Wildman–Crippen LogP) is 0.383. The number of hydrogen-bond acceptors (Lipinski definition) is 6. The SMILES string of the molecule is COc1ccc(CNC(=O)/C=C(\NCc2ccc(OC)cc2)C(=O)NCCN=C(N)N)cc1. The van der Waals surface area contributed by atoms with Gasteiger partial charge in [-0.1, -0.05) is 24.3 Å². The van der Waals surface area contributed by atoms with Crippen molar-refractivity contribution in [1.29, 1.82) is 0 Å². The standard InChI is InChI=1S/C23H30N6O4/c1-32-18-7-3-16(4-8-18)14-28-20(22(31)26-11-12-27-23(24)25)13-21(30)29-15-17-5-9-19(33-2)10-6-17/h3-10,13,28H,11-12,14-15H2,1-2H3,(H,26,31)(H,29,30)(H4,24,25,27)/b20-13-. The average Bonchev–Trinajstić information content (AvgIpc) is 2.83. The van der Waals surface area contributed by atoms with Crippen molar-refractivity contribution in [3.8, 4) is 11.5 Å². The number of amides is 2.